The molecule has 8 nitrogen and oxygen atoms in total. The molecule has 0 aliphatic carbocycles. The van der Waals surface area contributed by atoms with E-state index in [9.17, 15) is 4.79 Å². The molecular weight excluding hydrogens is 426 g/mol. The summed E-state index contributed by atoms with van der Waals surface area (Å²) in [5, 5.41) is 12.9. The van der Waals surface area contributed by atoms with Crippen molar-refractivity contribution in [1.29, 1.82) is 0 Å². The van der Waals surface area contributed by atoms with E-state index in [0.29, 0.717) is 22.8 Å². The van der Waals surface area contributed by atoms with Crippen LogP contribution in [0.25, 0.3) is 22.5 Å². The Hall–Kier alpha value is -4.33. The Kier molecular flexibility index (Phi) is 5.20. The van der Waals surface area contributed by atoms with Gasteiger partial charge in [-0.05, 0) is 81.1 Å². The van der Waals surface area contributed by atoms with Crippen molar-refractivity contribution < 1.29 is 4.79 Å². The first-order valence-electron chi connectivity index (χ1n) is 11.0. The first kappa shape index (κ1) is 21.5. The van der Waals surface area contributed by atoms with Crippen LogP contribution in [0.5, 0.6) is 0 Å². The molecule has 1 N–H and O–H groups in total. The van der Waals surface area contributed by atoms with Gasteiger partial charge in [0, 0.05) is 11.6 Å². The molecule has 0 aliphatic heterocycles. The molecule has 0 unspecified atom stereocenters. The molecule has 0 radical (unpaired) electrons. The van der Waals surface area contributed by atoms with E-state index in [1.54, 1.807) is 15.6 Å². The lowest BCUT2D eigenvalue weighted by Crippen LogP contribution is -2.16. The third kappa shape index (κ3) is 3.73. The fourth-order valence-electron chi connectivity index (χ4n) is 3.87. The highest BCUT2D eigenvalue weighted by atomic mass is 16.1. The molecule has 5 aromatic rings. The maximum absolute atomic E-state index is 13.0. The van der Waals surface area contributed by atoms with Crippen LogP contribution in [0.2, 0.25) is 0 Å². The highest BCUT2D eigenvalue weighted by molar-refractivity contribution is 6.04. The van der Waals surface area contributed by atoms with Gasteiger partial charge in [0.05, 0.1) is 23.0 Å². The molecule has 8 heteroatoms. The molecular formula is C26H25N7O. The van der Waals surface area contributed by atoms with Crippen molar-refractivity contribution in [3.05, 3.63) is 88.5 Å². The minimum Gasteiger partial charge on any atom is -0.306 e. The highest BCUT2D eigenvalue weighted by Crippen LogP contribution is 2.25. The van der Waals surface area contributed by atoms with Crippen LogP contribution in [0.3, 0.4) is 0 Å². The molecule has 0 bridgehead atoms. The minimum atomic E-state index is -0.208. The number of aromatic nitrogens is 6. The largest absolute Gasteiger partial charge is 0.306 e. The molecule has 5 rings (SSSR count). The maximum Gasteiger partial charge on any atom is 0.256 e. The standard InChI is InChI=1S/C26H25N7O/c1-15-6-8-20(10-17(15)3)26(34)30-23-12-19(5)31-33(23)25-22-13-29-32(24(22)27-14-28-25)21-9-7-16(2)18(4)11-21/h6-14H,1-5H3,(H,30,34). The maximum atomic E-state index is 13.0. The summed E-state index contributed by atoms with van der Waals surface area (Å²) in [6.07, 6.45) is 3.22. The predicted octanol–water partition coefficient (Wildman–Crippen LogP) is 4.80. The van der Waals surface area contributed by atoms with E-state index in [0.717, 1.165) is 27.9 Å². The summed E-state index contributed by atoms with van der Waals surface area (Å²) in [6, 6.07) is 13.6. The average molecular weight is 452 g/mol. The Morgan fingerprint density at radius 1 is 0.824 bits per heavy atom. The van der Waals surface area contributed by atoms with Crippen molar-refractivity contribution in [2.24, 2.45) is 0 Å². The predicted molar refractivity (Wildman–Crippen MR) is 132 cm³/mol. The quantitative estimate of drug-likeness (QED) is 0.424. The third-order valence-electron chi connectivity index (χ3n) is 6.12. The monoisotopic (exact) mass is 451 g/mol. The summed E-state index contributed by atoms with van der Waals surface area (Å²) in [6.45, 7) is 10.0. The average Bonchev–Trinajstić information content (AvgIpc) is 3.40. The van der Waals surface area contributed by atoms with Gasteiger partial charge >= 0.3 is 0 Å². The topological polar surface area (TPSA) is 90.5 Å². The van der Waals surface area contributed by atoms with Gasteiger partial charge in [0.1, 0.15) is 12.1 Å². The molecule has 2 aromatic carbocycles. The molecule has 34 heavy (non-hydrogen) atoms. The normalized spacial score (nSPS) is 11.2. The van der Waals surface area contributed by atoms with Crippen molar-refractivity contribution in [3.63, 3.8) is 0 Å². The van der Waals surface area contributed by atoms with Crippen LogP contribution >= 0.6 is 0 Å². The SMILES string of the molecule is Cc1cc(NC(=O)c2ccc(C)c(C)c2)n(-c2ncnc3c2cnn3-c2ccc(C)c(C)c2)n1. The Morgan fingerprint density at radius 3 is 2.29 bits per heavy atom. The van der Waals surface area contributed by atoms with Crippen molar-refractivity contribution in [2.45, 2.75) is 34.6 Å². The van der Waals surface area contributed by atoms with E-state index in [4.69, 9.17) is 0 Å². The van der Waals surface area contributed by atoms with Crippen molar-refractivity contribution in [2.75, 3.05) is 5.32 Å². The Labute approximate surface area is 197 Å². The van der Waals surface area contributed by atoms with Gasteiger partial charge < -0.3 is 5.32 Å². The number of amides is 1. The lowest BCUT2D eigenvalue weighted by Gasteiger charge is -2.10. The number of nitrogens with one attached hydrogen (secondary N) is 1. The Bertz CT molecular complexity index is 1560. The molecule has 1 amide bonds. The fourth-order valence-corrected chi connectivity index (χ4v) is 3.87. The van der Waals surface area contributed by atoms with Crippen LogP contribution in [-0.4, -0.2) is 35.4 Å². The molecule has 3 aromatic heterocycles. The molecule has 0 atom stereocenters. The molecule has 3 heterocycles. The van der Waals surface area contributed by atoms with E-state index in [2.05, 4.69) is 51.5 Å². The van der Waals surface area contributed by atoms with Crippen LogP contribution in [0.15, 0.2) is 55.0 Å². The zero-order chi connectivity index (χ0) is 24.0. The first-order chi connectivity index (χ1) is 16.3. The Morgan fingerprint density at radius 2 is 1.56 bits per heavy atom. The third-order valence-corrected chi connectivity index (χ3v) is 6.12. The van der Waals surface area contributed by atoms with Crippen molar-refractivity contribution >= 4 is 22.8 Å². The number of nitrogens with zero attached hydrogens (tertiary/aromatic N) is 6. The second-order valence-electron chi connectivity index (χ2n) is 8.60. The molecule has 0 aliphatic rings. The smallest absolute Gasteiger partial charge is 0.256 e. The molecule has 0 spiro atoms. The minimum absolute atomic E-state index is 0.208. The fraction of sp³-hybridized carbons (Fsp3) is 0.192. The van der Waals surface area contributed by atoms with Crippen LogP contribution < -0.4 is 5.32 Å². The number of hydrogen-bond acceptors (Lipinski definition) is 5. The van der Waals surface area contributed by atoms with Gasteiger partial charge in [0.2, 0.25) is 0 Å². The van der Waals surface area contributed by atoms with E-state index >= 15 is 0 Å². The zero-order valence-corrected chi connectivity index (χ0v) is 19.8. The molecule has 0 saturated heterocycles. The number of aryl methyl sites for hydroxylation is 5. The van der Waals surface area contributed by atoms with E-state index in [-0.39, 0.29) is 5.91 Å². The number of anilines is 1. The lowest BCUT2D eigenvalue weighted by molar-refractivity contribution is 0.102. The number of fused-ring (bicyclic) bond motifs is 1. The van der Waals surface area contributed by atoms with Gasteiger partial charge in [-0.25, -0.2) is 14.6 Å². The van der Waals surface area contributed by atoms with Crippen molar-refractivity contribution in [3.8, 4) is 11.5 Å². The second-order valence-corrected chi connectivity index (χ2v) is 8.60. The van der Waals surface area contributed by atoms with Gasteiger partial charge in [-0.2, -0.15) is 14.9 Å². The summed E-state index contributed by atoms with van der Waals surface area (Å²) < 4.78 is 3.42. The number of carbonyl (C=O) groups is 1. The lowest BCUT2D eigenvalue weighted by atomic mass is 10.1. The molecule has 170 valence electrons. The Balaban J connectivity index is 1.56. The number of carbonyl (C=O) groups excluding carboxylic acids is 1. The number of rotatable bonds is 4. The van der Waals surface area contributed by atoms with Gasteiger partial charge in [0.25, 0.3) is 5.91 Å². The van der Waals surface area contributed by atoms with Crippen molar-refractivity contribution in [1.82, 2.24) is 29.5 Å². The second kappa shape index (κ2) is 8.22. The van der Waals surface area contributed by atoms with E-state index < -0.39 is 0 Å². The summed E-state index contributed by atoms with van der Waals surface area (Å²) in [5.41, 5.74) is 7.51. The summed E-state index contributed by atoms with van der Waals surface area (Å²) in [4.78, 5) is 21.9. The van der Waals surface area contributed by atoms with Crippen LogP contribution in [0, 0.1) is 34.6 Å². The van der Waals surface area contributed by atoms with E-state index in [1.165, 1.54) is 17.5 Å². The van der Waals surface area contributed by atoms with Crippen LogP contribution in [-0.2, 0) is 0 Å². The van der Waals surface area contributed by atoms with E-state index in [1.807, 2.05) is 51.1 Å². The molecule has 0 fully saturated rings. The van der Waals surface area contributed by atoms with Gasteiger partial charge in [-0.15, -0.1) is 0 Å². The van der Waals surface area contributed by atoms with Gasteiger partial charge in [-0.3, -0.25) is 4.79 Å². The summed E-state index contributed by atoms with van der Waals surface area (Å²) in [5.74, 6) is 0.864. The van der Waals surface area contributed by atoms with Crippen LogP contribution in [0.1, 0.15) is 38.3 Å². The van der Waals surface area contributed by atoms with Gasteiger partial charge in [-0.1, -0.05) is 12.1 Å². The highest BCUT2D eigenvalue weighted by Gasteiger charge is 2.18. The first-order valence-corrected chi connectivity index (χ1v) is 11.0. The molecule has 0 saturated carbocycles. The van der Waals surface area contributed by atoms with Gasteiger partial charge in [0.15, 0.2) is 11.5 Å². The summed E-state index contributed by atoms with van der Waals surface area (Å²) >= 11 is 0. The number of hydrogen-bond donors (Lipinski definition) is 1. The summed E-state index contributed by atoms with van der Waals surface area (Å²) in [7, 11) is 0. The zero-order valence-electron chi connectivity index (χ0n) is 19.8. The number of benzene rings is 2. The van der Waals surface area contributed by atoms with Crippen LogP contribution in [0.4, 0.5) is 5.82 Å².